The maximum atomic E-state index is 12.8. The molecule has 8 heteroatoms. The zero-order chi connectivity index (χ0) is 18.2. The van der Waals surface area contributed by atoms with Crippen LogP contribution >= 0.6 is 0 Å². The van der Waals surface area contributed by atoms with Gasteiger partial charge in [-0.2, -0.15) is 0 Å². The molecule has 1 aliphatic heterocycles. The zero-order valence-electron chi connectivity index (χ0n) is 14.7. The Morgan fingerprint density at radius 1 is 1.15 bits per heavy atom. The van der Waals surface area contributed by atoms with Crippen molar-refractivity contribution >= 4 is 17.2 Å². The van der Waals surface area contributed by atoms with Gasteiger partial charge >= 0.3 is 0 Å². The molecule has 0 aromatic carbocycles. The molecule has 1 aliphatic carbocycles. The van der Waals surface area contributed by atoms with Gasteiger partial charge < -0.3 is 14.4 Å². The van der Waals surface area contributed by atoms with E-state index >= 15 is 0 Å². The number of carbonyl (C=O) groups excluding carboxylic acids is 1. The number of anilines is 1. The molecule has 2 fully saturated rings. The van der Waals surface area contributed by atoms with Crippen LogP contribution in [0.5, 0.6) is 11.6 Å². The van der Waals surface area contributed by atoms with Gasteiger partial charge in [0.2, 0.25) is 5.88 Å². The van der Waals surface area contributed by atoms with E-state index in [0.29, 0.717) is 30.5 Å². The summed E-state index contributed by atoms with van der Waals surface area (Å²) in [6.07, 6.45) is 7.68. The SMILES string of the molecule is O=C1[C@H](Oc2ccc(OCC3CC3)nc2)CCN1c1ccc2nncn2c1. The molecule has 3 aromatic rings. The number of carbonyl (C=O) groups is 1. The maximum absolute atomic E-state index is 12.8. The summed E-state index contributed by atoms with van der Waals surface area (Å²) in [5.41, 5.74) is 1.55. The molecule has 4 heterocycles. The average Bonchev–Trinajstić information content (AvgIpc) is 3.29. The lowest BCUT2D eigenvalue weighted by Crippen LogP contribution is -2.32. The Balaban J connectivity index is 1.24. The van der Waals surface area contributed by atoms with Crippen LogP contribution in [0.3, 0.4) is 0 Å². The normalized spacial score (nSPS) is 19.6. The van der Waals surface area contributed by atoms with Crippen LogP contribution in [0.2, 0.25) is 0 Å². The van der Waals surface area contributed by atoms with Crippen molar-refractivity contribution < 1.29 is 14.3 Å². The van der Waals surface area contributed by atoms with Crippen molar-refractivity contribution in [2.45, 2.75) is 25.4 Å². The molecule has 1 atom stereocenters. The molecule has 0 spiro atoms. The molecule has 138 valence electrons. The first-order valence-corrected chi connectivity index (χ1v) is 9.12. The summed E-state index contributed by atoms with van der Waals surface area (Å²) in [5.74, 6) is 1.79. The van der Waals surface area contributed by atoms with Crippen LogP contribution in [0.25, 0.3) is 5.65 Å². The fraction of sp³-hybridized carbons (Fsp3) is 0.368. The van der Waals surface area contributed by atoms with E-state index in [1.807, 2.05) is 18.3 Å². The van der Waals surface area contributed by atoms with Gasteiger partial charge in [-0.05, 0) is 37.0 Å². The number of pyridine rings is 2. The number of hydrogen-bond donors (Lipinski definition) is 0. The van der Waals surface area contributed by atoms with Crippen LogP contribution in [0.1, 0.15) is 19.3 Å². The van der Waals surface area contributed by atoms with Crippen molar-refractivity contribution in [3.05, 3.63) is 43.0 Å². The predicted octanol–water partition coefficient (Wildman–Crippen LogP) is 2.10. The fourth-order valence-corrected chi connectivity index (χ4v) is 3.17. The monoisotopic (exact) mass is 365 g/mol. The molecule has 2 aliphatic rings. The second-order valence-electron chi connectivity index (χ2n) is 6.96. The van der Waals surface area contributed by atoms with E-state index in [2.05, 4.69) is 15.2 Å². The van der Waals surface area contributed by atoms with E-state index in [1.165, 1.54) is 12.8 Å². The van der Waals surface area contributed by atoms with Gasteiger partial charge in [-0.15, -0.1) is 10.2 Å². The Morgan fingerprint density at radius 3 is 2.89 bits per heavy atom. The molecule has 5 rings (SSSR count). The molecular weight excluding hydrogens is 346 g/mol. The highest BCUT2D eigenvalue weighted by atomic mass is 16.5. The second kappa shape index (κ2) is 6.53. The minimum absolute atomic E-state index is 0.0588. The van der Waals surface area contributed by atoms with Gasteiger partial charge in [0.1, 0.15) is 12.1 Å². The third kappa shape index (κ3) is 3.30. The molecule has 0 N–H and O–H groups in total. The minimum atomic E-state index is -0.512. The number of hydrogen-bond acceptors (Lipinski definition) is 6. The summed E-state index contributed by atoms with van der Waals surface area (Å²) < 4.78 is 13.3. The van der Waals surface area contributed by atoms with Gasteiger partial charge in [0.15, 0.2) is 11.8 Å². The Labute approximate surface area is 155 Å². The molecule has 0 bridgehead atoms. The standard InChI is InChI=1S/C19H19N5O3/c25-19-16(27-15-4-6-18(20-9-15)26-11-13-1-2-13)7-8-24(19)14-3-5-17-22-21-12-23(17)10-14/h3-6,9-10,12-13,16H,1-2,7-8,11H2/t16-/m1/s1. The van der Waals surface area contributed by atoms with Crippen LogP contribution < -0.4 is 14.4 Å². The zero-order valence-corrected chi connectivity index (χ0v) is 14.7. The van der Waals surface area contributed by atoms with Crippen LogP contribution in [-0.4, -0.2) is 44.7 Å². The lowest BCUT2D eigenvalue weighted by atomic mass is 10.3. The molecule has 0 radical (unpaired) electrons. The van der Waals surface area contributed by atoms with E-state index in [-0.39, 0.29) is 5.91 Å². The second-order valence-corrected chi connectivity index (χ2v) is 6.96. The van der Waals surface area contributed by atoms with Crippen LogP contribution in [0.15, 0.2) is 43.0 Å². The third-order valence-electron chi connectivity index (χ3n) is 4.89. The van der Waals surface area contributed by atoms with Gasteiger partial charge in [-0.25, -0.2) is 4.98 Å². The Bertz CT molecular complexity index is 967. The molecule has 1 amide bonds. The molecule has 27 heavy (non-hydrogen) atoms. The van der Waals surface area contributed by atoms with Gasteiger partial charge in [0.25, 0.3) is 5.91 Å². The molecule has 3 aromatic heterocycles. The summed E-state index contributed by atoms with van der Waals surface area (Å²) in [7, 11) is 0. The highest BCUT2D eigenvalue weighted by molar-refractivity contribution is 5.99. The summed E-state index contributed by atoms with van der Waals surface area (Å²) in [6.45, 7) is 1.33. The Morgan fingerprint density at radius 2 is 2.07 bits per heavy atom. The van der Waals surface area contributed by atoms with E-state index in [4.69, 9.17) is 9.47 Å². The number of nitrogens with zero attached hydrogens (tertiary/aromatic N) is 5. The fourth-order valence-electron chi connectivity index (χ4n) is 3.17. The number of ether oxygens (including phenoxy) is 2. The topological polar surface area (TPSA) is 81.9 Å². The number of aromatic nitrogens is 4. The summed E-state index contributed by atoms with van der Waals surface area (Å²) in [6, 6.07) is 7.30. The molecule has 1 saturated heterocycles. The maximum Gasteiger partial charge on any atom is 0.268 e. The van der Waals surface area contributed by atoms with Gasteiger partial charge in [0.05, 0.1) is 18.5 Å². The van der Waals surface area contributed by atoms with Crippen LogP contribution in [0.4, 0.5) is 5.69 Å². The smallest absolute Gasteiger partial charge is 0.268 e. The summed E-state index contributed by atoms with van der Waals surface area (Å²) in [5, 5.41) is 7.84. The number of fused-ring (bicyclic) bond motifs is 1. The van der Waals surface area contributed by atoms with Crippen molar-refractivity contribution in [2.75, 3.05) is 18.1 Å². The van der Waals surface area contributed by atoms with E-state index in [0.717, 1.165) is 17.9 Å². The van der Waals surface area contributed by atoms with Crippen molar-refractivity contribution in [1.29, 1.82) is 0 Å². The van der Waals surface area contributed by atoms with Crippen molar-refractivity contribution in [3.8, 4) is 11.6 Å². The summed E-state index contributed by atoms with van der Waals surface area (Å²) >= 11 is 0. The lowest BCUT2D eigenvalue weighted by Gasteiger charge is -2.17. The molecule has 1 saturated carbocycles. The molecule has 0 unspecified atom stereocenters. The summed E-state index contributed by atoms with van der Waals surface area (Å²) in [4.78, 5) is 18.7. The molecule has 8 nitrogen and oxygen atoms in total. The first-order chi connectivity index (χ1) is 13.3. The third-order valence-corrected chi connectivity index (χ3v) is 4.89. The average molecular weight is 365 g/mol. The van der Waals surface area contributed by atoms with E-state index in [1.54, 1.807) is 34.0 Å². The van der Waals surface area contributed by atoms with Crippen molar-refractivity contribution in [2.24, 2.45) is 5.92 Å². The van der Waals surface area contributed by atoms with Crippen LogP contribution in [-0.2, 0) is 4.79 Å². The lowest BCUT2D eigenvalue weighted by molar-refractivity contribution is -0.122. The highest BCUT2D eigenvalue weighted by Crippen LogP contribution is 2.29. The largest absolute Gasteiger partial charge is 0.479 e. The number of amides is 1. The Kier molecular flexibility index (Phi) is 3.88. The van der Waals surface area contributed by atoms with E-state index in [9.17, 15) is 4.79 Å². The van der Waals surface area contributed by atoms with Gasteiger partial charge in [0, 0.05) is 25.2 Å². The first-order valence-electron chi connectivity index (χ1n) is 9.12. The minimum Gasteiger partial charge on any atom is -0.479 e. The van der Waals surface area contributed by atoms with Crippen LogP contribution in [0, 0.1) is 5.92 Å². The quantitative estimate of drug-likeness (QED) is 0.665. The predicted molar refractivity (Wildman–Crippen MR) is 96.8 cm³/mol. The van der Waals surface area contributed by atoms with E-state index < -0.39 is 6.10 Å². The van der Waals surface area contributed by atoms with Crippen molar-refractivity contribution in [3.63, 3.8) is 0 Å². The number of rotatable bonds is 6. The van der Waals surface area contributed by atoms with Gasteiger partial charge in [-0.3, -0.25) is 9.20 Å². The van der Waals surface area contributed by atoms with Crippen molar-refractivity contribution in [1.82, 2.24) is 19.6 Å². The highest BCUT2D eigenvalue weighted by Gasteiger charge is 2.34. The van der Waals surface area contributed by atoms with Gasteiger partial charge in [-0.1, -0.05) is 0 Å². The first kappa shape index (κ1) is 16.0. The Hall–Kier alpha value is -3.16. The molecular formula is C19H19N5O3.